The molecule has 1 aliphatic rings. The van der Waals surface area contributed by atoms with Gasteiger partial charge in [0.2, 0.25) is 29.5 Å². The molecule has 0 bridgehead atoms. The number of amides is 5. The van der Waals surface area contributed by atoms with Crippen LogP contribution in [0.3, 0.4) is 0 Å². The fraction of sp³-hybridized carbons (Fsp3) is 0.688. The number of likely N-dealkylation sites (tertiary alicyclic amines) is 1. The summed E-state index contributed by atoms with van der Waals surface area (Å²) in [6.45, 7) is 6.18. The van der Waals surface area contributed by atoms with E-state index < -0.39 is 41.9 Å². The Hall–Kier alpha value is -2.65. The molecule has 0 saturated carbocycles. The lowest BCUT2D eigenvalue weighted by atomic mass is 10.1. The first-order chi connectivity index (χ1) is 12.0. The van der Waals surface area contributed by atoms with Gasteiger partial charge in [-0.1, -0.05) is 0 Å². The van der Waals surface area contributed by atoms with E-state index in [2.05, 4.69) is 16.0 Å². The Morgan fingerprint density at radius 3 is 2.12 bits per heavy atom. The average molecular weight is 369 g/mol. The summed E-state index contributed by atoms with van der Waals surface area (Å²) in [5.74, 6) is -2.37. The molecule has 5 amide bonds. The zero-order valence-electron chi connectivity index (χ0n) is 15.5. The number of hydrogen-bond acceptors (Lipinski definition) is 5. The van der Waals surface area contributed by atoms with E-state index >= 15 is 0 Å². The Balaban J connectivity index is 2.67. The van der Waals surface area contributed by atoms with Crippen molar-refractivity contribution in [3.63, 3.8) is 0 Å². The van der Waals surface area contributed by atoms with Crippen LogP contribution in [-0.2, 0) is 24.0 Å². The third-order valence-electron chi connectivity index (χ3n) is 4.17. The SMILES string of the molecule is CC(=O)N[C@@H](C)C(=O)N1CCC[C@H]1C(=O)N[C@H](C)C(=O)N[C@H](C)C(N)=O. The van der Waals surface area contributed by atoms with Crippen LogP contribution in [0.15, 0.2) is 0 Å². The summed E-state index contributed by atoms with van der Waals surface area (Å²) in [4.78, 5) is 60.4. The van der Waals surface area contributed by atoms with E-state index in [1.54, 1.807) is 6.92 Å². The highest BCUT2D eigenvalue weighted by atomic mass is 16.2. The van der Waals surface area contributed by atoms with E-state index in [1.807, 2.05) is 0 Å². The summed E-state index contributed by atoms with van der Waals surface area (Å²) in [6, 6.07) is -3.19. The Labute approximate surface area is 152 Å². The summed E-state index contributed by atoms with van der Waals surface area (Å²) < 4.78 is 0. The van der Waals surface area contributed by atoms with Gasteiger partial charge in [-0.2, -0.15) is 0 Å². The highest BCUT2D eigenvalue weighted by molar-refractivity contribution is 5.95. The van der Waals surface area contributed by atoms with Crippen LogP contribution in [0.1, 0.15) is 40.5 Å². The van der Waals surface area contributed by atoms with Gasteiger partial charge in [-0.15, -0.1) is 0 Å². The van der Waals surface area contributed by atoms with Gasteiger partial charge in [0.05, 0.1) is 0 Å². The highest BCUT2D eigenvalue weighted by Crippen LogP contribution is 2.18. The molecule has 1 aliphatic heterocycles. The van der Waals surface area contributed by atoms with Crippen LogP contribution in [0.2, 0.25) is 0 Å². The number of hydrogen-bond donors (Lipinski definition) is 4. The normalized spacial score (nSPS) is 19.8. The smallest absolute Gasteiger partial charge is 0.245 e. The van der Waals surface area contributed by atoms with Gasteiger partial charge in [0, 0.05) is 13.5 Å². The van der Waals surface area contributed by atoms with Crippen LogP contribution in [0.4, 0.5) is 0 Å². The van der Waals surface area contributed by atoms with Crippen LogP contribution in [0.25, 0.3) is 0 Å². The molecular formula is C16H27N5O5. The molecule has 26 heavy (non-hydrogen) atoms. The molecule has 0 aromatic carbocycles. The van der Waals surface area contributed by atoms with Crippen molar-refractivity contribution in [2.45, 2.75) is 64.7 Å². The number of carbonyl (C=O) groups is 5. The standard InChI is InChI=1S/C16H27N5O5/c1-8(13(17)23)19-14(24)9(2)20-15(25)12-6-5-7-21(12)16(26)10(3)18-11(4)22/h8-10,12H,5-7H2,1-4H3,(H2,17,23)(H,18,22)(H,19,24)(H,20,25)/t8-,9-,10+,12+/m1/s1. The maximum atomic E-state index is 12.5. The predicted octanol–water partition coefficient (Wildman–Crippen LogP) is -2.00. The van der Waals surface area contributed by atoms with E-state index in [0.29, 0.717) is 19.4 Å². The molecule has 0 aromatic heterocycles. The number of nitrogens with zero attached hydrogens (tertiary/aromatic N) is 1. The summed E-state index contributed by atoms with van der Waals surface area (Å²) in [5.41, 5.74) is 5.08. The van der Waals surface area contributed by atoms with Crippen LogP contribution >= 0.6 is 0 Å². The molecule has 5 N–H and O–H groups in total. The lowest BCUT2D eigenvalue weighted by molar-refractivity contribution is -0.141. The van der Waals surface area contributed by atoms with Crippen molar-refractivity contribution in [2.75, 3.05) is 6.54 Å². The Bertz CT molecular complexity index is 594. The second-order valence-corrected chi connectivity index (χ2v) is 6.47. The zero-order chi connectivity index (χ0) is 20.0. The number of nitrogens with two attached hydrogens (primary N) is 1. The molecule has 0 aromatic rings. The largest absolute Gasteiger partial charge is 0.368 e. The van der Waals surface area contributed by atoms with Crippen molar-refractivity contribution in [2.24, 2.45) is 5.73 Å². The van der Waals surface area contributed by atoms with Crippen molar-refractivity contribution in [1.82, 2.24) is 20.9 Å². The van der Waals surface area contributed by atoms with Crippen molar-refractivity contribution in [1.29, 1.82) is 0 Å². The molecule has 1 saturated heterocycles. The van der Waals surface area contributed by atoms with Gasteiger partial charge >= 0.3 is 0 Å². The van der Waals surface area contributed by atoms with Crippen LogP contribution in [-0.4, -0.2) is 65.1 Å². The first-order valence-corrected chi connectivity index (χ1v) is 8.52. The lowest BCUT2D eigenvalue weighted by Gasteiger charge is -2.28. The predicted molar refractivity (Wildman–Crippen MR) is 92.4 cm³/mol. The third-order valence-corrected chi connectivity index (χ3v) is 4.17. The van der Waals surface area contributed by atoms with E-state index in [4.69, 9.17) is 5.73 Å². The van der Waals surface area contributed by atoms with E-state index in [9.17, 15) is 24.0 Å². The zero-order valence-corrected chi connectivity index (χ0v) is 15.5. The molecule has 10 heteroatoms. The summed E-state index contributed by atoms with van der Waals surface area (Å²) in [6.07, 6.45) is 1.12. The van der Waals surface area contributed by atoms with Gasteiger partial charge in [-0.25, -0.2) is 0 Å². The molecule has 0 unspecified atom stereocenters. The van der Waals surface area contributed by atoms with Gasteiger partial charge in [0.15, 0.2) is 0 Å². The van der Waals surface area contributed by atoms with Gasteiger partial charge in [0.25, 0.3) is 0 Å². The fourth-order valence-electron chi connectivity index (χ4n) is 2.70. The number of nitrogens with one attached hydrogen (secondary N) is 3. The van der Waals surface area contributed by atoms with Crippen LogP contribution in [0, 0.1) is 0 Å². The molecule has 10 nitrogen and oxygen atoms in total. The average Bonchev–Trinajstić information content (AvgIpc) is 3.02. The third kappa shape index (κ3) is 5.71. The number of rotatable bonds is 7. The maximum absolute atomic E-state index is 12.5. The highest BCUT2D eigenvalue weighted by Gasteiger charge is 2.37. The minimum atomic E-state index is -0.894. The lowest BCUT2D eigenvalue weighted by Crippen LogP contribution is -2.56. The van der Waals surface area contributed by atoms with E-state index in [-0.39, 0.29) is 11.8 Å². The second kappa shape index (κ2) is 9.16. The first-order valence-electron chi connectivity index (χ1n) is 8.52. The molecule has 0 aliphatic carbocycles. The molecule has 0 spiro atoms. The summed E-state index contributed by atoms with van der Waals surface area (Å²) >= 11 is 0. The van der Waals surface area contributed by atoms with Gasteiger partial charge < -0.3 is 26.6 Å². The van der Waals surface area contributed by atoms with Crippen molar-refractivity contribution in [3.05, 3.63) is 0 Å². The Kier molecular flexibility index (Phi) is 7.54. The first kappa shape index (κ1) is 21.4. The monoisotopic (exact) mass is 369 g/mol. The van der Waals surface area contributed by atoms with Crippen LogP contribution in [0.5, 0.6) is 0 Å². The topological polar surface area (TPSA) is 151 Å². The fourth-order valence-corrected chi connectivity index (χ4v) is 2.70. The molecule has 0 radical (unpaired) electrons. The number of carbonyl (C=O) groups excluding carboxylic acids is 5. The summed E-state index contributed by atoms with van der Waals surface area (Å²) in [5, 5.41) is 7.44. The molecule has 1 fully saturated rings. The summed E-state index contributed by atoms with van der Waals surface area (Å²) in [7, 11) is 0. The minimum absolute atomic E-state index is 0.333. The molecular weight excluding hydrogens is 342 g/mol. The quantitative estimate of drug-likeness (QED) is 0.409. The molecule has 4 atom stereocenters. The van der Waals surface area contributed by atoms with Gasteiger partial charge in [-0.05, 0) is 33.6 Å². The molecule has 146 valence electrons. The molecule has 1 heterocycles. The Morgan fingerprint density at radius 2 is 1.58 bits per heavy atom. The van der Waals surface area contributed by atoms with Gasteiger partial charge in [-0.3, -0.25) is 24.0 Å². The van der Waals surface area contributed by atoms with Gasteiger partial charge in [0.1, 0.15) is 24.2 Å². The van der Waals surface area contributed by atoms with Crippen molar-refractivity contribution in [3.8, 4) is 0 Å². The van der Waals surface area contributed by atoms with E-state index in [0.717, 1.165) is 0 Å². The van der Waals surface area contributed by atoms with Crippen molar-refractivity contribution < 1.29 is 24.0 Å². The van der Waals surface area contributed by atoms with E-state index in [1.165, 1.54) is 25.7 Å². The maximum Gasteiger partial charge on any atom is 0.245 e. The number of primary amides is 1. The van der Waals surface area contributed by atoms with Crippen LogP contribution < -0.4 is 21.7 Å². The minimum Gasteiger partial charge on any atom is -0.368 e. The molecule has 1 rings (SSSR count). The van der Waals surface area contributed by atoms with Crippen molar-refractivity contribution >= 4 is 29.5 Å². The second-order valence-electron chi connectivity index (χ2n) is 6.47. The Morgan fingerprint density at radius 1 is 0.962 bits per heavy atom.